The molecule has 1 aliphatic heterocycles. The molecule has 1 aliphatic rings. The summed E-state index contributed by atoms with van der Waals surface area (Å²) in [6.07, 6.45) is 0. The Kier molecular flexibility index (Phi) is 7.71. The number of amides is 1. The number of para-hydroxylation sites is 2. The van der Waals surface area contributed by atoms with Crippen LogP contribution in [0, 0.1) is 6.92 Å². The second-order valence-corrected chi connectivity index (χ2v) is 10.4. The van der Waals surface area contributed by atoms with Gasteiger partial charge in [0.1, 0.15) is 6.61 Å². The Hall–Kier alpha value is -3.43. The highest BCUT2D eigenvalue weighted by Crippen LogP contribution is 2.48. The van der Waals surface area contributed by atoms with E-state index in [1.165, 1.54) is 11.8 Å². The number of hydrogen-bond acceptors (Lipinski definition) is 7. The Morgan fingerprint density at radius 3 is 2.30 bits per heavy atom. The molecule has 9 heteroatoms. The molecule has 7 nitrogen and oxygen atoms in total. The maximum atomic E-state index is 13.5. The minimum absolute atomic E-state index is 0.00494. The van der Waals surface area contributed by atoms with Crippen LogP contribution < -0.4 is 14.4 Å². The monoisotopic (exact) mass is 532 g/mol. The molecule has 0 radical (unpaired) electrons. The highest BCUT2D eigenvalue weighted by atomic mass is 32.2. The molecule has 0 bridgehead atoms. The number of fused-ring (bicyclic) bond motifs is 2. The van der Waals surface area contributed by atoms with Gasteiger partial charge in [-0.25, -0.2) is 0 Å². The van der Waals surface area contributed by atoms with Crippen molar-refractivity contribution in [3.8, 4) is 11.5 Å². The SMILES string of the molecule is CCOc1cc(C)ccc1OCc1nnc(SCC(=O)N2c3ccccc3Sc3ccccc32)n1CC. The van der Waals surface area contributed by atoms with Crippen molar-refractivity contribution in [2.75, 3.05) is 17.3 Å². The summed E-state index contributed by atoms with van der Waals surface area (Å²) in [6.45, 7) is 7.48. The Morgan fingerprint density at radius 1 is 0.919 bits per heavy atom. The third-order valence-electron chi connectivity index (χ3n) is 5.87. The summed E-state index contributed by atoms with van der Waals surface area (Å²) < 4.78 is 13.8. The normalized spacial score (nSPS) is 12.1. The van der Waals surface area contributed by atoms with Gasteiger partial charge in [-0.1, -0.05) is 53.9 Å². The molecule has 0 unspecified atom stereocenters. The van der Waals surface area contributed by atoms with Gasteiger partial charge in [0.05, 0.1) is 23.7 Å². The third-order valence-corrected chi connectivity index (χ3v) is 7.95. The number of ether oxygens (including phenoxy) is 2. The predicted octanol–water partition coefficient (Wildman–Crippen LogP) is 6.51. The average Bonchev–Trinajstić information content (AvgIpc) is 3.31. The number of rotatable bonds is 9. The predicted molar refractivity (Wildman–Crippen MR) is 147 cm³/mol. The van der Waals surface area contributed by atoms with Crippen LogP contribution in [0.3, 0.4) is 0 Å². The van der Waals surface area contributed by atoms with Gasteiger partial charge in [0, 0.05) is 16.3 Å². The first-order valence-corrected chi connectivity index (χ1v) is 14.0. The van der Waals surface area contributed by atoms with Crippen LogP contribution >= 0.6 is 23.5 Å². The zero-order valence-electron chi connectivity index (χ0n) is 21.0. The van der Waals surface area contributed by atoms with E-state index in [9.17, 15) is 4.79 Å². The van der Waals surface area contributed by atoms with E-state index in [2.05, 4.69) is 10.2 Å². The zero-order chi connectivity index (χ0) is 25.8. The first-order valence-electron chi connectivity index (χ1n) is 12.2. The van der Waals surface area contributed by atoms with Gasteiger partial charge >= 0.3 is 0 Å². The number of aryl methyl sites for hydroxylation is 1. The summed E-state index contributed by atoms with van der Waals surface area (Å²) in [7, 11) is 0. The minimum atomic E-state index is -0.00494. The lowest BCUT2D eigenvalue weighted by atomic mass is 10.2. The summed E-state index contributed by atoms with van der Waals surface area (Å²) >= 11 is 3.08. The number of nitrogens with zero attached hydrogens (tertiary/aromatic N) is 4. The van der Waals surface area contributed by atoms with E-state index < -0.39 is 0 Å². The van der Waals surface area contributed by atoms with Gasteiger partial charge in [0.25, 0.3) is 0 Å². The van der Waals surface area contributed by atoms with E-state index in [0.29, 0.717) is 35.6 Å². The first-order chi connectivity index (χ1) is 18.1. The molecule has 2 heterocycles. The first kappa shape index (κ1) is 25.2. The van der Waals surface area contributed by atoms with E-state index >= 15 is 0 Å². The highest BCUT2D eigenvalue weighted by Gasteiger charge is 2.28. The van der Waals surface area contributed by atoms with Gasteiger partial charge in [0.15, 0.2) is 22.5 Å². The maximum Gasteiger partial charge on any atom is 0.242 e. The average molecular weight is 533 g/mol. The van der Waals surface area contributed by atoms with Crippen molar-refractivity contribution < 1.29 is 14.3 Å². The Bertz CT molecular complexity index is 1380. The summed E-state index contributed by atoms with van der Waals surface area (Å²) in [4.78, 5) is 17.5. The van der Waals surface area contributed by atoms with Gasteiger partial charge in [-0.3, -0.25) is 9.69 Å². The Labute approximate surface area is 225 Å². The molecular weight excluding hydrogens is 504 g/mol. The number of carbonyl (C=O) groups excluding carboxylic acids is 1. The molecule has 190 valence electrons. The molecule has 1 aromatic heterocycles. The Morgan fingerprint density at radius 2 is 1.62 bits per heavy atom. The second-order valence-electron chi connectivity index (χ2n) is 8.37. The van der Waals surface area contributed by atoms with Crippen LogP contribution in [0.25, 0.3) is 0 Å². The van der Waals surface area contributed by atoms with Crippen molar-refractivity contribution in [3.05, 3.63) is 78.1 Å². The lowest BCUT2D eigenvalue weighted by Gasteiger charge is -2.30. The minimum Gasteiger partial charge on any atom is -0.490 e. The van der Waals surface area contributed by atoms with Crippen LogP contribution in [0.5, 0.6) is 11.5 Å². The number of hydrogen-bond donors (Lipinski definition) is 0. The smallest absolute Gasteiger partial charge is 0.242 e. The van der Waals surface area contributed by atoms with Gasteiger partial charge in [-0.15, -0.1) is 10.2 Å². The third kappa shape index (κ3) is 5.33. The van der Waals surface area contributed by atoms with Gasteiger partial charge in [0.2, 0.25) is 5.91 Å². The van der Waals surface area contributed by atoms with Crippen molar-refractivity contribution in [1.29, 1.82) is 0 Å². The number of thioether (sulfide) groups is 1. The summed E-state index contributed by atoms with van der Waals surface area (Å²) in [5.41, 5.74) is 2.92. The van der Waals surface area contributed by atoms with Gasteiger partial charge < -0.3 is 14.0 Å². The van der Waals surface area contributed by atoms with Gasteiger partial charge in [-0.2, -0.15) is 0 Å². The van der Waals surface area contributed by atoms with Gasteiger partial charge in [-0.05, 0) is 62.7 Å². The number of benzene rings is 3. The van der Waals surface area contributed by atoms with E-state index in [1.54, 1.807) is 11.8 Å². The fraction of sp³-hybridized carbons (Fsp3) is 0.250. The van der Waals surface area contributed by atoms with Crippen molar-refractivity contribution in [2.45, 2.75) is 48.9 Å². The van der Waals surface area contributed by atoms with Crippen LogP contribution in [-0.2, 0) is 17.9 Å². The van der Waals surface area contributed by atoms with E-state index in [1.807, 2.05) is 97.0 Å². The van der Waals surface area contributed by atoms with E-state index in [4.69, 9.17) is 9.47 Å². The molecule has 5 rings (SSSR count). The molecule has 0 saturated carbocycles. The van der Waals surface area contributed by atoms with Crippen LogP contribution in [0.4, 0.5) is 11.4 Å². The topological polar surface area (TPSA) is 69.5 Å². The standard InChI is InChI=1S/C28H28N4O3S2/c1-4-31-26(17-35-22-15-14-19(3)16-23(22)34-5-2)29-30-28(31)36-18-27(33)32-20-10-6-8-12-24(20)37-25-13-9-7-11-21(25)32/h6-16H,4-5,17-18H2,1-3H3. The maximum absolute atomic E-state index is 13.5. The molecule has 0 saturated heterocycles. The highest BCUT2D eigenvalue weighted by molar-refractivity contribution is 8.00. The number of carbonyl (C=O) groups is 1. The molecule has 1 amide bonds. The molecule has 0 fully saturated rings. The lowest BCUT2D eigenvalue weighted by molar-refractivity contribution is -0.115. The van der Waals surface area contributed by atoms with E-state index in [-0.39, 0.29) is 18.3 Å². The molecule has 0 aliphatic carbocycles. The van der Waals surface area contributed by atoms with Crippen molar-refractivity contribution in [3.63, 3.8) is 0 Å². The molecular formula is C28H28N4O3S2. The van der Waals surface area contributed by atoms with Crippen molar-refractivity contribution in [1.82, 2.24) is 14.8 Å². The Balaban J connectivity index is 1.31. The quantitative estimate of drug-likeness (QED) is 0.228. The van der Waals surface area contributed by atoms with Crippen molar-refractivity contribution >= 4 is 40.8 Å². The van der Waals surface area contributed by atoms with Crippen LogP contribution in [0.1, 0.15) is 25.2 Å². The summed E-state index contributed by atoms with van der Waals surface area (Å²) in [5.74, 6) is 2.31. The molecule has 0 spiro atoms. The number of anilines is 2. The lowest BCUT2D eigenvalue weighted by Crippen LogP contribution is -2.30. The summed E-state index contributed by atoms with van der Waals surface area (Å²) in [6, 6.07) is 21.9. The largest absolute Gasteiger partial charge is 0.490 e. The molecule has 0 N–H and O–H groups in total. The van der Waals surface area contributed by atoms with Crippen LogP contribution in [0.2, 0.25) is 0 Å². The van der Waals surface area contributed by atoms with E-state index in [0.717, 1.165) is 26.7 Å². The molecule has 0 atom stereocenters. The zero-order valence-corrected chi connectivity index (χ0v) is 22.6. The van der Waals surface area contributed by atoms with Crippen LogP contribution in [0.15, 0.2) is 81.7 Å². The fourth-order valence-corrected chi connectivity index (χ4v) is 6.09. The van der Waals surface area contributed by atoms with Crippen LogP contribution in [-0.4, -0.2) is 33.0 Å². The summed E-state index contributed by atoms with van der Waals surface area (Å²) in [5, 5.41) is 9.41. The molecule has 37 heavy (non-hydrogen) atoms. The molecule has 4 aromatic rings. The second kappa shape index (κ2) is 11.3. The number of aromatic nitrogens is 3. The van der Waals surface area contributed by atoms with Crippen molar-refractivity contribution in [2.24, 2.45) is 0 Å². The molecule has 3 aromatic carbocycles. The fourth-order valence-electron chi connectivity index (χ4n) is 4.16.